The first kappa shape index (κ1) is 17.7. The summed E-state index contributed by atoms with van der Waals surface area (Å²) < 4.78 is 0. The Kier molecular flexibility index (Phi) is 5.19. The standard InChI is InChI=1S/C22H25N3O2/c26-21(24-19-8-3-1-2-4-9-19)17-13-18(15-23-14-17)22(27)25-12-11-16-7-5-6-10-20(16)25/h5-7,10,13-15,19H,1-4,8-9,11-12H2,(H,24,26). The zero-order chi connectivity index (χ0) is 18.6. The molecule has 1 aliphatic heterocycles. The minimum atomic E-state index is -0.133. The van der Waals surface area contributed by atoms with E-state index in [0.717, 1.165) is 37.8 Å². The van der Waals surface area contributed by atoms with Crippen LogP contribution in [0.2, 0.25) is 0 Å². The monoisotopic (exact) mass is 363 g/mol. The van der Waals surface area contributed by atoms with Crippen molar-refractivity contribution in [3.05, 3.63) is 59.4 Å². The maximum Gasteiger partial charge on any atom is 0.259 e. The zero-order valence-electron chi connectivity index (χ0n) is 15.5. The lowest BCUT2D eigenvalue weighted by molar-refractivity contribution is 0.0933. The van der Waals surface area contributed by atoms with Gasteiger partial charge in [-0.25, -0.2) is 0 Å². The SMILES string of the molecule is O=C(NC1CCCCCC1)c1cncc(C(=O)N2CCc3ccccc32)c1. The molecule has 5 heteroatoms. The first-order chi connectivity index (χ1) is 13.2. The van der Waals surface area contributed by atoms with Crippen LogP contribution in [-0.4, -0.2) is 29.4 Å². The second-order valence-electron chi connectivity index (χ2n) is 7.46. The Labute approximate surface area is 159 Å². The van der Waals surface area contributed by atoms with E-state index >= 15 is 0 Å². The van der Waals surface area contributed by atoms with Crippen molar-refractivity contribution in [1.82, 2.24) is 10.3 Å². The van der Waals surface area contributed by atoms with Crippen LogP contribution < -0.4 is 10.2 Å². The topological polar surface area (TPSA) is 62.3 Å². The van der Waals surface area contributed by atoms with Crippen molar-refractivity contribution in [3.8, 4) is 0 Å². The minimum absolute atomic E-state index is 0.100. The molecule has 1 aliphatic carbocycles. The maximum atomic E-state index is 13.0. The van der Waals surface area contributed by atoms with Crippen LogP contribution in [0.5, 0.6) is 0 Å². The smallest absolute Gasteiger partial charge is 0.259 e. The number of carbonyl (C=O) groups excluding carboxylic acids is 2. The van der Waals surface area contributed by atoms with Gasteiger partial charge in [-0.1, -0.05) is 43.9 Å². The number of rotatable bonds is 3. The fraction of sp³-hybridized carbons (Fsp3) is 0.409. The van der Waals surface area contributed by atoms with Crippen molar-refractivity contribution in [2.45, 2.75) is 51.0 Å². The predicted molar refractivity (Wildman–Crippen MR) is 105 cm³/mol. The molecular weight excluding hydrogens is 338 g/mol. The number of hydrogen-bond donors (Lipinski definition) is 1. The molecule has 2 amide bonds. The molecule has 0 atom stereocenters. The number of carbonyl (C=O) groups is 2. The van der Waals surface area contributed by atoms with E-state index in [1.165, 1.54) is 18.4 Å². The Morgan fingerprint density at radius 3 is 2.56 bits per heavy atom. The first-order valence-electron chi connectivity index (χ1n) is 9.88. The number of nitrogens with zero attached hydrogens (tertiary/aromatic N) is 2. The summed E-state index contributed by atoms with van der Waals surface area (Å²) in [6, 6.07) is 9.85. The summed E-state index contributed by atoms with van der Waals surface area (Å²) in [4.78, 5) is 31.6. The van der Waals surface area contributed by atoms with Gasteiger partial charge in [-0.3, -0.25) is 14.6 Å². The molecule has 0 bridgehead atoms. The molecule has 2 aliphatic rings. The molecule has 1 aromatic carbocycles. The number of aromatic nitrogens is 1. The van der Waals surface area contributed by atoms with E-state index in [2.05, 4.69) is 16.4 Å². The van der Waals surface area contributed by atoms with Crippen molar-refractivity contribution in [3.63, 3.8) is 0 Å². The van der Waals surface area contributed by atoms with Gasteiger partial charge >= 0.3 is 0 Å². The Morgan fingerprint density at radius 1 is 1.00 bits per heavy atom. The second kappa shape index (κ2) is 7.91. The highest BCUT2D eigenvalue weighted by molar-refractivity contribution is 6.08. The van der Waals surface area contributed by atoms with Crippen LogP contribution in [-0.2, 0) is 6.42 Å². The highest BCUT2D eigenvalue weighted by Gasteiger charge is 2.26. The molecule has 1 fully saturated rings. The summed E-state index contributed by atoms with van der Waals surface area (Å²) in [5, 5.41) is 3.12. The van der Waals surface area contributed by atoms with Gasteiger partial charge in [0.2, 0.25) is 0 Å². The number of para-hydroxylation sites is 1. The van der Waals surface area contributed by atoms with Gasteiger partial charge in [0.05, 0.1) is 11.1 Å². The molecule has 0 radical (unpaired) electrons. The third-order valence-electron chi connectivity index (χ3n) is 5.57. The average Bonchev–Trinajstić information content (AvgIpc) is 2.97. The van der Waals surface area contributed by atoms with Crippen LogP contribution in [0.3, 0.4) is 0 Å². The van der Waals surface area contributed by atoms with Crippen molar-refractivity contribution in [2.75, 3.05) is 11.4 Å². The molecule has 140 valence electrons. The number of anilines is 1. The van der Waals surface area contributed by atoms with Crippen LogP contribution in [0, 0.1) is 0 Å². The van der Waals surface area contributed by atoms with Crippen LogP contribution in [0.15, 0.2) is 42.7 Å². The van der Waals surface area contributed by atoms with Crippen LogP contribution in [0.25, 0.3) is 0 Å². The van der Waals surface area contributed by atoms with Crippen LogP contribution in [0.4, 0.5) is 5.69 Å². The van der Waals surface area contributed by atoms with Crippen molar-refractivity contribution >= 4 is 17.5 Å². The Bertz CT molecular complexity index is 841. The van der Waals surface area contributed by atoms with Gasteiger partial charge in [0.25, 0.3) is 11.8 Å². The summed E-state index contributed by atoms with van der Waals surface area (Å²) in [5.74, 6) is -0.234. The van der Waals surface area contributed by atoms with E-state index < -0.39 is 0 Å². The van der Waals surface area contributed by atoms with Crippen molar-refractivity contribution in [2.24, 2.45) is 0 Å². The van der Waals surface area contributed by atoms with Crippen molar-refractivity contribution in [1.29, 1.82) is 0 Å². The van der Waals surface area contributed by atoms with Gasteiger partial charge in [-0.15, -0.1) is 0 Å². The highest BCUT2D eigenvalue weighted by Crippen LogP contribution is 2.28. The van der Waals surface area contributed by atoms with Crippen LogP contribution in [0.1, 0.15) is 64.8 Å². The molecule has 4 rings (SSSR count). The van der Waals surface area contributed by atoms with Gasteiger partial charge in [0.15, 0.2) is 0 Å². The van der Waals surface area contributed by atoms with E-state index in [0.29, 0.717) is 17.7 Å². The first-order valence-corrected chi connectivity index (χ1v) is 9.88. The maximum absolute atomic E-state index is 13.0. The highest BCUT2D eigenvalue weighted by atomic mass is 16.2. The zero-order valence-corrected chi connectivity index (χ0v) is 15.5. The summed E-state index contributed by atoms with van der Waals surface area (Å²) in [6.07, 6.45) is 10.8. The number of hydrogen-bond acceptors (Lipinski definition) is 3. The lowest BCUT2D eigenvalue weighted by atomic mass is 10.1. The molecule has 27 heavy (non-hydrogen) atoms. The lowest BCUT2D eigenvalue weighted by Gasteiger charge is -2.18. The van der Waals surface area contributed by atoms with E-state index in [1.54, 1.807) is 23.4 Å². The fourth-order valence-electron chi connectivity index (χ4n) is 4.08. The van der Waals surface area contributed by atoms with E-state index in [9.17, 15) is 9.59 Å². The largest absolute Gasteiger partial charge is 0.349 e. The van der Waals surface area contributed by atoms with E-state index in [-0.39, 0.29) is 17.9 Å². The molecule has 0 saturated heterocycles. The van der Waals surface area contributed by atoms with Crippen molar-refractivity contribution < 1.29 is 9.59 Å². The summed E-state index contributed by atoms with van der Waals surface area (Å²) >= 11 is 0. The molecule has 2 heterocycles. The summed E-state index contributed by atoms with van der Waals surface area (Å²) in [6.45, 7) is 0.663. The number of amides is 2. The summed E-state index contributed by atoms with van der Waals surface area (Å²) in [7, 11) is 0. The lowest BCUT2D eigenvalue weighted by Crippen LogP contribution is -2.35. The fourth-order valence-corrected chi connectivity index (χ4v) is 4.08. The van der Waals surface area contributed by atoms with Gasteiger partial charge in [-0.05, 0) is 37.0 Å². The quantitative estimate of drug-likeness (QED) is 0.845. The summed E-state index contributed by atoms with van der Waals surface area (Å²) in [5.41, 5.74) is 3.05. The number of benzene rings is 1. The average molecular weight is 363 g/mol. The molecule has 2 aromatic rings. The van der Waals surface area contributed by atoms with Gasteiger partial charge < -0.3 is 10.2 Å². The third kappa shape index (κ3) is 3.87. The number of pyridine rings is 1. The van der Waals surface area contributed by atoms with E-state index in [1.807, 2.05) is 18.2 Å². The molecule has 1 N–H and O–H groups in total. The van der Waals surface area contributed by atoms with Gasteiger partial charge in [0, 0.05) is 30.7 Å². The van der Waals surface area contributed by atoms with Crippen LogP contribution >= 0.6 is 0 Å². The Morgan fingerprint density at radius 2 is 1.74 bits per heavy atom. The molecular formula is C22H25N3O2. The van der Waals surface area contributed by atoms with Gasteiger partial charge in [0.1, 0.15) is 0 Å². The molecule has 0 unspecified atom stereocenters. The normalized spacial score (nSPS) is 17.3. The molecule has 1 aromatic heterocycles. The Balaban J connectivity index is 1.49. The molecule has 5 nitrogen and oxygen atoms in total. The molecule has 0 spiro atoms. The second-order valence-corrected chi connectivity index (χ2v) is 7.46. The number of fused-ring (bicyclic) bond motifs is 1. The third-order valence-corrected chi connectivity index (χ3v) is 5.57. The number of nitrogens with one attached hydrogen (secondary N) is 1. The minimum Gasteiger partial charge on any atom is -0.349 e. The van der Waals surface area contributed by atoms with Gasteiger partial charge in [-0.2, -0.15) is 0 Å². The predicted octanol–water partition coefficient (Wildman–Crippen LogP) is 3.74. The van der Waals surface area contributed by atoms with E-state index in [4.69, 9.17) is 0 Å². The molecule has 1 saturated carbocycles. The Hall–Kier alpha value is -2.69.